The maximum atomic E-state index is 5.98. The van der Waals surface area contributed by atoms with Crippen molar-refractivity contribution >= 4 is 75.7 Å². The average Bonchev–Trinajstić information content (AvgIpc) is 3.16. The predicted octanol–water partition coefficient (Wildman–Crippen LogP) is 8.20. The van der Waals surface area contributed by atoms with Crippen LogP contribution in [0.5, 0.6) is 0 Å². The molecule has 0 N–H and O–H groups in total. The van der Waals surface area contributed by atoms with Crippen LogP contribution < -0.4 is 0 Å². The van der Waals surface area contributed by atoms with E-state index in [1.165, 1.54) is 0 Å². The van der Waals surface area contributed by atoms with Gasteiger partial charge in [-0.25, -0.2) is 15.0 Å². The molecular weight excluding hydrogens is 523 g/mol. The first-order valence-electron chi connectivity index (χ1n) is 8.72. The topological polar surface area (TPSA) is 51.8 Å². The molecule has 1 aromatic heterocycles. The number of fused-ring (bicyclic) bond motifs is 1. The summed E-state index contributed by atoms with van der Waals surface area (Å²) in [4.78, 5) is 12.6. The summed E-state index contributed by atoms with van der Waals surface area (Å²) in [6, 6.07) is 13.4. The largest absolute Gasteiger partial charge is 0.464 e. The van der Waals surface area contributed by atoms with Crippen LogP contribution in [0, 0.1) is 0 Å². The summed E-state index contributed by atoms with van der Waals surface area (Å²) in [7, 11) is 0. The summed E-state index contributed by atoms with van der Waals surface area (Å²) in [5.74, 6) is 0.651. The Balaban J connectivity index is 1.87. The van der Waals surface area contributed by atoms with Gasteiger partial charge in [0.2, 0.25) is 7.59 Å². The molecule has 2 aliphatic rings. The zero-order chi connectivity index (χ0) is 22.4. The van der Waals surface area contributed by atoms with Crippen molar-refractivity contribution in [2.45, 2.75) is 7.59 Å². The molecule has 1 aromatic carbocycles. The van der Waals surface area contributed by atoms with E-state index in [1.54, 1.807) is 12.3 Å². The number of aromatic nitrogens is 3. The lowest BCUT2D eigenvalue weighted by Gasteiger charge is -2.16. The molecule has 0 bridgehead atoms. The van der Waals surface area contributed by atoms with Crippen molar-refractivity contribution in [1.29, 1.82) is 0 Å². The molecule has 10 heteroatoms. The molecule has 0 spiro atoms. The normalized spacial score (nSPS) is 12.3. The highest BCUT2D eigenvalue weighted by Gasteiger charge is 2.34. The van der Waals surface area contributed by atoms with E-state index in [9.17, 15) is 0 Å². The predicted molar refractivity (Wildman–Crippen MR) is 128 cm³/mol. The Labute approximate surface area is 208 Å². The van der Waals surface area contributed by atoms with Crippen LogP contribution in [0.15, 0.2) is 59.7 Å². The van der Waals surface area contributed by atoms with Crippen molar-refractivity contribution in [2.75, 3.05) is 0 Å². The zero-order valence-electron chi connectivity index (χ0n) is 15.4. The van der Waals surface area contributed by atoms with E-state index >= 15 is 0 Å². The molecule has 0 saturated heterocycles. The highest BCUT2D eigenvalue weighted by atomic mass is 35.6. The van der Waals surface area contributed by atoms with Gasteiger partial charge in [-0.05, 0) is 53.1 Å². The molecule has 0 amide bonds. The van der Waals surface area contributed by atoms with Crippen LogP contribution in [0.3, 0.4) is 0 Å². The minimum Gasteiger partial charge on any atom is -0.464 e. The maximum Gasteiger partial charge on any atom is 0.250 e. The summed E-state index contributed by atoms with van der Waals surface area (Å²) in [6.07, 6.45) is 3.30. The fourth-order valence-electron chi connectivity index (χ4n) is 3.10. The summed E-state index contributed by atoms with van der Waals surface area (Å²) < 4.78 is 1.66. The van der Waals surface area contributed by atoms with E-state index in [0.29, 0.717) is 5.56 Å². The van der Waals surface area contributed by atoms with Gasteiger partial charge in [0.25, 0.3) is 0 Å². The highest BCUT2D eigenvalue weighted by molar-refractivity contribution is 6.67. The Bertz CT molecular complexity index is 1210. The summed E-state index contributed by atoms with van der Waals surface area (Å²) >= 11 is 35.9. The second-order valence-electron chi connectivity index (χ2n) is 6.45. The second kappa shape index (κ2) is 8.43. The van der Waals surface area contributed by atoms with E-state index in [4.69, 9.17) is 74.0 Å². The molecule has 2 aromatic rings. The fraction of sp³-hybridized carbons (Fsp3) is 0.0952. The summed E-state index contributed by atoms with van der Waals surface area (Å²) in [5.41, 5.74) is 4.28. The van der Waals surface area contributed by atoms with Crippen molar-refractivity contribution in [3.8, 4) is 33.8 Å². The number of benzene rings is 1. The number of halogens is 6. The molecule has 0 radical (unpaired) electrons. The minimum atomic E-state index is -1.94. The first-order valence-corrected chi connectivity index (χ1v) is 11.0. The van der Waals surface area contributed by atoms with Gasteiger partial charge in [0, 0.05) is 11.1 Å². The Kier molecular flexibility index (Phi) is 6.16. The second-order valence-corrected chi connectivity index (χ2v) is 11.0. The van der Waals surface area contributed by atoms with Crippen molar-refractivity contribution in [1.82, 2.24) is 15.0 Å². The van der Waals surface area contributed by atoms with Crippen molar-refractivity contribution < 1.29 is 4.42 Å². The van der Waals surface area contributed by atoms with Crippen molar-refractivity contribution in [2.24, 2.45) is 0 Å². The van der Waals surface area contributed by atoms with E-state index in [2.05, 4.69) is 21.5 Å². The molecule has 4 rings (SSSR count). The quantitative estimate of drug-likeness (QED) is 0.249. The molecule has 0 atom stereocenters. The number of hydrogen-bond donors (Lipinski definition) is 0. The molecule has 0 unspecified atom stereocenters. The van der Waals surface area contributed by atoms with E-state index in [-0.39, 0.29) is 17.5 Å². The van der Waals surface area contributed by atoms with Crippen LogP contribution in [0.1, 0.15) is 17.2 Å². The first-order chi connectivity index (χ1) is 14.6. The molecule has 0 saturated carbocycles. The van der Waals surface area contributed by atoms with Gasteiger partial charge in [-0.15, -0.1) is 0 Å². The van der Waals surface area contributed by atoms with Gasteiger partial charge in [-0.2, -0.15) is 0 Å². The lowest BCUT2D eigenvalue weighted by Crippen LogP contribution is -2.17. The maximum absolute atomic E-state index is 5.98. The molecule has 158 valence electrons. The lowest BCUT2D eigenvalue weighted by molar-refractivity contribution is 0.567. The van der Waals surface area contributed by atoms with Crippen LogP contribution in [0.25, 0.3) is 39.9 Å². The summed E-state index contributed by atoms with van der Waals surface area (Å²) in [6.45, 7) is 3.90. The molecular formula is C21H11Cl6N3O. The Morgan fingerprint density at radius 3 is 2.03 bits per heavy atom. The molecule has 2 heterocycles. The van der Waals surface area contributed by atoms with E-state index < -0.39 is 7.59 Å². The van der Waals surface area contributed by atoms with Crippen LogP contribution in [0.4, 0.5) is 0 Å². The molecule has 0 fully saturated rings. The highest BCUT2D eigenvalue weighted by Crippen LogP contribution is 2.42. The standard InChI is InChI=1S/C21H11Cl6N3O/c1-2-11-10-12(13-7-8-16-15(13)4-3-9-31-16)5-6-14(11)17-28-18(20(22,23)24)30-19(29-17)21(25,26)27/h2-10H,1H2. The monoisotopic (exact) mass is 531 g/mol. The van der Waals surface area contributed by atoms with Gasteiger partial charge in [0.15, 0.2) is 17.5 Å². The SMILES string of the molecule is C=Cc1cc(-c2ccc3occcc2-3)ccc1-c1nc(C(Cl)(Cl)Cl)nc(C(Cl)(Cl)Cl)n1. The van der Waals surface area contributed by atoms with E-state index in [0.717, 1.165) is 28.0 Å². The minimum absolute atomic E-state index is 0.161. The number of rotatable bonds is 3. The molecule has 4 nitrogen and oxygen atoms in total. The van der Waals surface area contributed by atoms with Crippen molar-refractivity contribution in [3.63, 3.8) is 0 Å². The van der Waals surface area contributed by atoms with Crippen LogP contribution >= 0.6 is 69.6 Å². The van der Waals surface area contributed by atoms with Crippen LogP contribution in [0.2, 0.25) is 0 Å². The third kappa shape index (κ3) is 4.65. The number of hydrogen-bond acceptors (Lipinski definition) is 4. The third-order valence-electron chi connectivity index (χ3n) is 4.46. The van der Waals surface area contributed by atoms with Crippen molar-refractivity contribution in [3.05, 3.63) is 72.5 Å². The zero-order valence-corrected chi connectivity index (χ0v) is 20.0. The van der Waals surface area contributed by atoms with Gasteiger partial charge in [-0.3, -0.25) is 0 Å². The van der Waals surface area contributed by atoms with Gasteiger partial charge in [-0.1, -0.05) is 88.3 Å². The van der Waals surface area contributed by atoms with Gasteiger partial charge in [0.05, 0.1) is 6.26 Å². The third-order valence-corrected chi connectivity index (χ3v) is 5.47. The lowest BCUT2D eigenvalue weighted by atomic mass is 9.97. The van der Waals surface area contributed by atoms with E-state index in [1.807, 2.05) is 42.5 Å². The number of nitrogens with zero attached hydrogens (tertiary/aromatic N) is 3. The fourth-order valence-corrected chi connectivity index (χ4v) is 3.61. The number of alkyl halides is 6. The smallest absolute Gasteiger partial charge is 0.250 e. The van der Waals surface area contributed by atoms with Gasteiger partial charge >= 0.3 is 0 Å². The van der Waals surface area contributed by atoms with Gasteiger partial charge < -0.3 is 4.42 Å². The van der Waals surface area contributed by atoms with Crippen LogP contribution in [-0.2, 0) is 7.59 Å². The Morgan fingerprint density at radius 1 is 0.774 bits per heavy atom. The Hall–Kier alpha value is -1.53. The van der Waals surface area contributed by atoms with Gasteiger partial charge in [0.1, 0.15) is 5.76 Å². The van der Waals surface area contributed by atoms with Crippen LogP contribution in [-0.4, -0.2) is 15.0 Å². The molecule has 31 heavy (non-hydrogen) atoms. The molecule has 1 aliphatic heterocycles. The molecule has 1 aliphatic carbocycles. The Morgan fingerprint density at radius 2 is 1.42 bits per heavy atom. The first kappa shape index (κ1) is 22.7. The average molecular weight is 534 g/mol. The summed E-state index contributed by atoms with van der Waals surface area (Å²) in [5, 5.41) is 0.